The molecule has 0 radical (unpaired) electrons. The number of hydrogen-bond acceptors (Lipinski definition) is 2. The summed E-state index contributed by atoms with van der Waals surface area (Å²) >= 11 is 0. The Morgan fingerprint density at radius 2 is 2.43 bits per heavy atom. The van der Waals surface area contributed by atoms with E-state index in [1.165, 1.54) is 19.0 Å². The van der Waals surface area contributed by atoms with Crippen molar-refractivity contribution in [1.82, 2.24) is 9.80 Å². The highest BCUT2D eigenvalue weighted by atomic mass is 16.2. The van der Waals surface area contributed by atoms with Gasteiger partial charge in [-0.1, -0.05) is 13.5 Å². The van der Waals surface area contributed by atoms with Gasteiger partial charge in [0.25, 0.3) is 0 Å². The average Bonchev–Trinajstić information content (AvgIpc) is 2.27. The molecule has 14 heavy (non-hydrogen) atoms. The Balaban J connectivity index is 2.50. The number of carbonyl (C=O) groups is 1. The molecule has 0 aromatic heterocycles. The summed E-state index contributed by atoms with van der Waals surface area (Å²) in [5.41, 5.74) is 0. The molecule has 1 aliphatic heterocycles. The first kappa shape index (κ1) is 11.2. The van der Waals surface area contributed by atoms with Crippen molar-refractivity contribution in [2.45, 2.75) is 25.8 Å². The maximum atomic E-state index is 11.4. The molecule has 3 heteroatoms. The summed E-state index contributed by atoms with van der Waals surface area (Å²) in [5, 5.41) is 0. The van der Waals surface area contributed by atoms with Crippen molar-refractivity contribution in [2.24, 2.45) is 0 Å². The fourth-order valence-electron chi connectivity index (χ4n) is 1.96. The Hall–Kier alpha value is -0.830. The van der Waals surface area contributed by atoms with E-state index in [2.05, 4.69) is 18.4 Å². The van der Waals surface area contributed by atoms with E-state index in [0.29, 0.717) is 6.04 Å². The highest BCUT2D eigenvalue weighted by molar-refractivity contribution is 5.87. The van der Waals surface area contributed by atoms with Crippen LogP contribution in [0.5, 0.6) is 0 Å². The van der Waals surface area contributed by atoms with Crippen LogP contribution in [0.15, 0.2) is 12.7 Å². The molecule has 1 atom stereocenters. The maximum absolute atomic E-state index is 11.4. The second kappa shape index (κ2) is 5.15. The molecule has 0 aromatic carbocycles. The lowest BCUT2D eigenvalue weighted by molar-refractivity contribution is -0.127. The van der Waals surface area contributed by atoms with E-state index in [1.807, 2.05) is 11.9 Å². The average molecular weight is 196 g/mol. The van der Waals surface area contributed by atoms with Gasteiger partial charge in [0.05, 0.1) is 0 Å². The van der Waals surface area contributed by atoms with Gasteiger partial charge in [-0.15, -0.1) is 0 Å². The molecule has 80 valence electrons. The first-order valence-electron chi connectivity index (χ1n) is 5.30. The Morgan fingerprint density at radius 3 is 3.00 bits per heavy atom. The minimum Gasteiger partial charge on any atom is -0.338 e. The molecule has 1 rings (SSSR count). The van der Waals surface area contributed by atoms with Gasteiger partial charge in [-0.3, -0.25) is 4.79 Å². The number of likely N-dealkylation sites (N-methyl/N-ethyl adjacent to an activating group) is 2. The van der Waals surface area contributed by atoms with E-state index in [4.69, 9.17) is 0 Å². The first-order chi connectivity index (χ1) is 6.69. The summed E-state index contributed by atoms with van der Waals surface area (Å²) in [6.45, 7) is 8.93. The summed E-state index contributed by atoms with van der Waals surface area (Å²) in [6, 6.07) is 0.370. The third-order valence-corrected chi connectivity index (χ3v) is 3.00. The summed E-state index contributed by atoms with van der Waals surface area (Å²) in [7, 11) is 1.87. The number of hydrogen-bond donors (Lipinski definition) is 0. The van der Waals surface area contributed by atoms with Gasteiger partial charge in [-0.25, -0.2) is 0 Å². The standard InChI is InChI=1S/C11H20N2O/c1-4-11(14)12(3)10-7-6-8-13(5-2)9-10/h4,10H,1,5-9H2,2-3H3. The third kappa shape index (κ3) is 2.58. The summed E-state index contributed by atoms with van der Waals surface area (Å²) in [4.78, 5) is 15.6. The SMILES string of the molecule is C=CC(=O)N(C)C1CCCN(CC)C1. The van der Waals surface area contributed by atoms with Gasteiger partial charge in [0.2, 0.25) is 5.91 Å². The van der Waals surface area contributed by atoms with Crippen molar-refractivity contribution in [1.29, 1.82) is 0 Å². The van der Waals surface area contributed by atoms with Crippen LogP contribution in [0.3, 0.4) is 0 Å². The topological polar surface area (TPSA) is 23.6 Å². The molecule has 1 aliphatic rings. The quantitative estimate of drug-likeness (QED) is 0.631. The Morgan fingerprint density at radius 1 is 1.71 bits per heavy atom. The van der Waals surface area contributed by atoms with Gasteiger partial charge in [-0.2, -0.15) is 0 Å². The molecule has 1 fully saturated rings. The van der Waals surface area contributed by atoms with Crippen LogP contribution < -0.4 is 0 Å². The molecule has 1 amide bonds. The Kier molecular flexibility index (Phi) is 4.14. The zero-order valence-electron chi connectivity index (χ0n) is 9.20. The van der Waals surface area contributed by atoms with E-state index in [1.54, 1.807) is 0 Å². The van der Waals surface area contributed by atoms with Crippen molar-refractivity contribution in [3.63, 3.8) is 0 Å². The predicted octanol–water partition coefficient (Wildman–Crippen LogP) is 1.12. The molecule has 1 heterocycles. The van der Waals surface area contributed by atoms with Gasteiger partial charge in [-0.05, 0) is 32.0 Å². The number of rotatable bonds is 3. The van der Waals surface area contributed by atoms with Gasteiger partial charge >= 0.3 is 0 Å². The van der Waals surface area contributed by atoms with Gasteiger partial charge < -0.3 is 9.80 Å². The molecule has 1 saturated heterocycles. The van der Waals surface area contributed by atoms with E-state index < -0.39 is 0 Å². The Bertz CT molecular complexity index is 215. The highest BCUT2D eigenvalue weighted by Gasteiger charge is 2.23. The van der Waals surface area contributed by atoms with Crippen LogP contribution in [0.25, 0.3) is 0 Å². The molecule has 3 nitrogen and oxygen atoms in total. The number of amides is 1. The lowest BCUT2D eigenvalue weighted by Crippen LogP contribution is -2.47. The summed E-state index contributed by atoms with van der Waals surface area (Å²) in [5.74, 6) is 0.0351. The van der Waals surface area contributed by atoms with E-state index in [-0.39, 0.29) is 5.91 Å². The van der Waals surface area contributed by atoms with E-state index >= 15 is 0 Å². The zero-order chi connectivity index (χ0) is 10.6. The molecular formula is C11H20N2O. The molecular weight excluding hydrogens is 176 g/mol. The molecule has 0 N–H and O–H groups in total. The van der Waals surface area contributed by atoms with Crippen LogP contribution in [0, 0.1) is 0 Å². The lowest BCUT2D eigenvalue weighted by atomic mass is 10.0. The number of likely N-dealkylation sites (tertiary alicyclic amines) is 1. The van der Waals surface area contributed by atoms with Crippen molar-refractivity contribution in [3.8, 4) is 0 Å². The van der Waals surface area contributed by atoms with E-state index in [9.17, 15) is 4.79 Å². The van der Waals surface area contributed by atoms with Crippen molar-refractivity contribution in [3.05, 3.63) is 12.7 Å². The van der Waals surface area contributed by atoms with Crippen LogP contribution in [0.1, 0.15) is 19.8 Å². The Labute approximate surface area is 86.4 Å². The smallest absolute Gasteiger partial charge is 0.245 e. The normalized spacial score (nSPS) is 23.1. The molecule has 0 bridgehead atoms. The minimum absolute atomic E-state index is 0.0351. The molecule has 0 aromatic rings. The first-order valence-corrected chi connectivity index (χ1v) is 5.30. The molecule has 0 spiro atoms. The largest absolute Gasteiger partial charge is 0.338 e. The van der Waals surface area contributed by atoms with Gasteiger partial charge in [0.15, 0.2) is 0 Å². The van der Waals surface area contributed by atoms with Crippen molar-refractivity contribution in [2.75, 3.05) is 26.7 Å². The number of nitrogens with zero attached hydrogens (tertiary/aromatic N) is 2. The zero-order valence-corrected chi connectivity index (χ0v) is 9.20. The monoisotopic (exact) mass is 196 g/mol. The number of carbonyl (C=O) groups excluding carboxylic acids is 1. The highest BCUT2D eigenvalue weighted by Crippen LogP contribution is 2.14. The summed E-state index contributed by atoms with van der Waals surface area (Å²) in [6.07, 6.45) is 3.70. The van der Waals surface area contributed by atoms with Crippen LogP contribution in [-0.2, 0) is 4.79 Å². The van der Waals surface area contributed by atoms with Crippen LogP contribution in [0.2, 0.25) is 0 Å². The molecule has 1 unspecified atom stereocenters. The second-order valence-electron chi connectivity index (χ2n) is 3.84. The summed E-state index contributed by atoms with van der Waals surface area (Å²) < 4.78 is 0. The second-order valence-corrected chi connectivity index (χ2v) is 3.84. The fourth-order valence-corrected chi connectivity index (χ4v) is 1.96. The molecule has 0 aliphatic carbocycles. The van der Waals surface area contributed by atoms with Crippen LogP contribution in [0.4, 0.5) is 0 Å². The van der Waals surface area contributed by atoms with Crippen LogP contribution in [-0.4, -0.2) is 48.4 Å². The molecule has 0 saturated carbocycles. The predicted molar refractivity (Wildman–Crippen MR) is 58.1 cm³/mol. The van der Waals surface area contributed by atoms with Crippen LogP contribution >= 0.6 is 0 Å². The maximum Gasteiger partial charge on any atom is 0.245 e. The van der Waals surface area contributed by atoms with Gasteiger partial charge in [0.1, 0.15) is 0 Å². The van der Waals surface area contributed by atoms with Crippen molar-refractivity contribution < 1.29 is 4.79 Å². The minimum atomic E-state index is 0.0351. The van der Waals surface area contributed by atoms with Gasteiger partial charge in [0, 0.05) is 19.6 Å². The van der Waals surface area contributed by atoms with E-state index in [0.717, 1.165) is 19.5 Å². The lowest BCUT2D eigenvalue weighted by Gasteiger charge is -2.36. The number of piperidine rings is 1. The fraction of sp³-hybridized carbons (Fsp3) is 0.727. The van der Waals surface area contributed by atoms with Crippen molar-refractivity contribution >= 4 is 5.91 Å². The third-order valence-electron chi connectivity index (χ3n) is 3.00.